The molecule has 37 heavy (non-hydrogen) atoms. The van der Waals surface area contributed by atoms with E-state index in [0.29, 0.717) is 26.1 Å². The minimum Gasteiger partial charge on any atom is -0.494 e. The summed E-state index contributed by atoms with van der Waals surface area (Å²) in [5.74, 6) is 0.464. The van der Waals surface area contributed by atoms with E-state index in [1.807, 2.05) is 60.3 Å². The Kier molecular flexibility index (Phi) is 9.96. The van der Waals surface area contributed by atoms with Crippen LogP contribution in [0.3, 0.4) is 0 Å². The molecule has 0 atom stereocenters. The first kappa shape index (κ1) is 27.1. The van der Waals surface area contributed by atoms with Crippen molar-refractivity contribution in [3.63, 3.8) is 0 Å². The van der Waals surface area contributed by atoms with Gasteiger partial charge in [-0.2, -0.15) is 0 Å². The number of thioether (sulfide) groups is 1. The third kappa shape index (κ3) is 7.55. The van der Waals surface area contributed by atoms with E-state index in [0.717, 1.165) is 48.7 Å². The van der Waals surface area contributed by atoms with Gasteiger partial charge in [-0.15, -0.1) is 11.8 Å². The molecule has 2 heterocycles. The Morgan fingerprint density at radius 2 is 1.81 bits per heavy atom. The number of rotatable bonds is 12. The minimum atomic E-state index is -0.691. The van der Waals surface area contributed by atoms with Crippen LogP contribution in [0.4, 0.5) is 0 Å². The highest BCUT2D eigenvalue weighted by Gasteiger charge is 2.42. The number of likely N-dealkylation sites (tertiary alicyclic amines) is 1. The summed E-state index contributed by atoms with van der Waals surface area (Å²) in [6, 6.07) is 20.3. The SMILES string of the molecule is COCCN1CCC(Sc2ccc(OCCCc3cncc(-c4ccccc4)c3)cc2)(C(=O)NO)CC1. The summed E-state index contributed by atoms with van der Waals surface area (Å²) in [4.78, 5) is 20.3. The Labute approximate surface area is 223 Å². The fraction of sp³-hybridized carbons (Fsp3) is 0.379. The van der Waals surface area contributed by atoms with Gasteiger partial charge in [-0.1, -0.05) is 30.3 Å². The lowest BCUT2D eigenvalue weighted by Gasteiger charge is -2.39. The predicted molar refractivity (Wildman–Crippen MR) is 146 cm³/mol. The van der Waals surface area contributed by atoms with Gasteiger partial charge >= 0.3 is 0 Å². The average Bonchev–Trinajstić information content (AvgIpc) is 2.96. The van der Waals surface area contributed by atoms with Crippen molar-refractivity contribution in [1.29, 1.82) is 0 Å². The lowest BCUT2D eigenvalue weighted by Crippen LogP contribution is -2.51. The molecule has 2 N–H and O–H groups in total. The number of amides is 1. The van der Waals surface area contributed by atoms with Gasteiger partial charge in [0.2, 0.25) is 0 Å². The summed E-state index contributed by atoms with van der Waals surface area (Å²) >= 11 is 1.51. The van der Waals surface area contributed by atoms with Gasteiger partial charge in [0.15, 0.2) is 0 Å². The van der Waals surface area contributed by atoms with Crippen molar-refractivity contribution < 1.29 is 19.5 Å². The lowest BCUT2D eigenvalue weighted by molar-refractivity contribution is -0.133. The zero-order chi connectivity index (χ0) is 25.9. The van der Waals surface area contributed by atoms with Crippen molar-refractivity contribution in [3.8, 4) is 16.9 Å². The largest absolute Gasteiger partial charge is 0.494 e. The van der Waals surface area contributed by atoms with Gasteiger partial charge in [0.25, 0.3) is 5.91 Å². The fourth-order valence-corrected chi connectivity index (χ4v) is 5.79. The second kappa shape index (κ2) is 13.6. The first-order valence-electron chi connectivity index (χ1n) is 12.7. The molecule has 1 fully saturated rings. The Morgan fingerprint density at radius 3 is 2.51 bits per heavy atom. The van der Waals surface area contributed by atoms with E-state index in [1.54, 1.807) is 7.11 Å². The molecule has 0 spiro atoms. The molecule has 4 rings (SSSR count). The van der Waals surface area contributed by atoms with Crippen molar-refractivity contribution in [3.05, 3.63) is 78.6 Å². The average molecular weight is 522 g/mol. The van der Waals surface area contributed by atoms with Crippen LogP contribution in [0.1, 0.15) is 24.8 Å². The second-order valence-electron chi connectivity index (χ2n) is 9.24. The first-order valence-corrected chi connectivity index (χ1v) is 13.5. The van der Waals surface area contributed by atoms with Crippen molar-refractivity contribution >= 4 is 17.7 Å². The van der Waals surface area contributed by atoms with Crippen LogP contribution >= 0.6 is 11.8 Å². The minimum absolute atomic E-state index is 0.338. The summed E-state index contributed by atoms with van der Waals surface area (Å²) in [6.07, 6.45) is 6.91. The van der Waals surface area contributed by atoms with Gasteiger partial charge < -0.3 is 14.4 Å². The zero-order valence-corrected chi connectivity index (χ0v) is 22.1. The number of nitrogens with zero attached hydrogens (tertiary/aromatic N) is 2. The van der Waals surface area contributed by atoms with E-state index in [9.17, 15) is 10.0 Å². The maximum Gasteiger partial charge on any atom is 0.260 e. The molecule has 7 nitrogen and oxygen atoms in total. The summed E-state index contributed by atoms with van der Waals surface area (Å²) in [5, 5.41) is 9.39. The number of hydrogen-bond donors (Lipinski definition) is 2. The monoisotopic (exact) mass is 521 g/mol. The number of ether oxygens (including phenoxy) is 2. The van der Waals surface area contributed by atoms with Crippen LogP contribution in [0.15, 0.2) is 78.0 Å². The van der Waals surface area contributed by atoms with Crippen molar-refractivity contribution in [2.45, 2.75) is 35.3 Å². The van der Waals surface area contributed by atoms with Crippen LogP contribution in [-0.2, 0) is 16.0 Å². The highest BCUT2D eigenvalue weighted by atomic mass is 32.2. The molecule has 8 heteroatoms. The summed E-state index contributed by atoms with van der Waals surface area (Å²) < 4.78 is 10.4. The normalized spacial score (nSPS) is 15.3. The molecule has 1 aliphatic rings. The van der Waals surface area contributed by atoms with Crippen molar-refractivity contribution in [2.24, 2.45) is 0 Å². The number of carbonyl (C=O) groups is 1. The Hall–Kier alpha value is -2.91. The topological polar surface area (TPSA) is 83.9 Å². The molecule has 1 aliphatic heterocycles. The molecule has 0 aliphatic carbocycles. The predicted octanol–water partition coefficient (Wildman–Crippen LogP) is 4.84. The molecule has 0 bridgehead atoms. The van der Waals surface area contributed by atoms with E-state index in [-0.39, 0.29) is 5.91 Å². The number of benzene rings is 2. The van der Waals surface area contributed by atoms with E-state index in [2.05, 4.69) is 28.1 Å². The molecule has 1 aromatic heterocycles. The number of piperidine rings is 1. The number of hydroxylamine groups is 1. The zero-order valence-electron chi connectivity index (χ0n) is 21.3. The number of carbonyl (C=O) groups excluding carboxylic acids is 1. The summed E-state index contributed by atoms with van der Waals surface area (Å²) in [5.41, 5.74) is 5.38. The van der Waals surface area contributed by atoms with Crippen LogP contribution < -0.4 is 10.2 Å². The maximum absolute atomic E-state index is 12.6. The van der Waals surface area contributed by atoms with Crippen LogP contribution in [0.2, 0.25) is 0 Å². The molecule has 2 aromatic carbocycles. The quantitative estimate of drug-likeness (QED) is 0.200. The molecule has 1 saturated heterocycles. The second-order valence-corrected chi connectivity index (χ2v) is 10.7. The van der Waals surface area contributed by atoms with Gasteiger partial charge in [-0.05, 0) is 67.1 Å². The standard InChI is InChI=1S/C29H35N3O4S/c1-35-19-17-32-15-13-29(14-16-32,28(33)31-34)37-27-11-9-26(10-12-27)36-18-5-6-23-20-25(22-30-21-23)24-7-3-2-4-8-24/h2-4,7-12,20-22,34H,5-6,13-19H2,1H3,(H,31,33). The molecule has 0 radical (unpaired) electrons. The highest BCUT2D eigenvalue weighted by Crippen LogP contribution is 2.41. The number of aryl methyl sites for hydroxylation is 1. The van der Waals surface area contributed by atoms with Gasteiger partial charge in [0.05, 0.1) is 13.2 Å². The molecular formula is C29H35N3O4S. The van der Waals surface area contributed by atoms with Gasteiger partial charge in [-0.25, -0.2) is 5.48 Å². The highest BCUT2D eigenvalue weighted by molar-refractivity contribution is 8.01. The van der Waals surface area contributed by atoms with E-state index in [4.69, 9.17) is 9.47 Å². The lowest BCUT2D eigenvalue weighted by atomic mass is 9.95. The van der Waals surface area contributed by atoms with Gasteiger partial charge in [0, 0.05) is 49.6 Å². The number of hydrogen-bond acceptors (Lipinski definition) is 7. The molecule has 3 aromatic rings. The third-order valence-electron chi connectivity index (χ3n) is 6.71. The Bertz CT molecular complexity index is 1120. The molecule has 0 saturated carbocycles. The summed E-state index contributed by atoms with van der Waals surface area (Å²) in [6.45, 7) is 3.70. The number of methoxy groups -OCH3 is 1. The molecular weight excluding hydrogens is 486 g/mol. The third-order valence-corrected chi connectivity index (χ3v) is 8.20. The maximum atomic E-state index is 12.6. The van der Waals surface area contributed by atoms with Crippen LogP contribution in [0.5, 0.6) is 5.75 Å². The molecule has 0 unspecified atom stereocenters. The smallest absolute Gasteiger partial charge is 0.260 e. The van der Waals surface area contributed by atoms with Crippen LogP contribution in [-0.4, -0.2) is 65.7 Å². The number of nitrogens with one attached hydrogen (secondary N) is 1. The van der Waals surface area contributed by atoms with Crippen molar-refractivity contribution in [2.75, 3.05) is 40.0 Å². The number of pyridine rings is 1. The fourth-order valence-electron chi connectivity index (χ4n) is 4.54. The van der Waals surface area contributed by atoms with Crippen molar-refractivity contribution in [1.82, 2.24) is 15.4 Å². The van der Waals surface area contributed by atoms with Gasteiger partial charge in [0.1, 0.15) is 10.5 Å². The van der Waals surface area contributed by atoms with E-state index < -0.39 is 4.75 Å². The first-order chi connectivity index (χ1) is 18.1. The van der Waals surface area contributed by atoms with Crippen LogP contribution in [0.25, 0.3) is 11.1 Å². The molecule has 1 amide bonds. The Morgan fingerprint density at radius 1 is 1.05 bits per heavy atom. The van der Waals surface area contributed by atoms with Crippen LogP contribution in [0, 0.1) is 0 Å². The van der Waals surface area contributed by atoms with E-state index in [1.165, 1.54) is 22.9 Å². The molecule has 196 valence electrons. The number of aromatic nitrogens is 1. The van der Waals surface area contributed by atoms with Gasteiger partial charge in [-0.3, -0.25) is 15.0 Å². The summed E-state index contributed by atoms with van der Waals surface area (Å²) in [7, 11) is 1.69. The van der Waals surface area contributed by atoms with E-state index >= 15 is 0 Å². The Balaban J connectivity index is 1.26.